The molecule has 0 radical (unpaired) electrons. The molecule has 0 saturated carbocycles. The molecule has 0 unspecified atom stereocenters. The number of benzene rings is 1. The van der Waals surface area contributed by atoms with E-state index in [1.165, 1.54) is 18.2 Å². The van der Waals surface area contributed by atoms with Gasteiger partial charge in [0.05, 0.1) is 6.54 Å². The molecular weight excluding hydrogens is 275 g/mol. The van der Waals surface area contributed by atoms with Gasteiger partial charge in [0.25, 0.3) is 0 Å². The number of alkyl halides is 3. The topological polar surface area (TPSA) is 46.6 Å². The Balaban J connectivity index is 2.20. The van der Waals surface area contributed by atoms with Crippen LogP contribution in [0, 0.1) is 0 Å². The number of para-hydroxylation sites is 1. The lowest BCUT2D eigenvalue weighted by Gasteiger charge is -2.25. The van der Waals surface area contributed by atoms with Gasteiger partial charge in [0.1, 0.15) is 5.75 Å². The number of amides is 2. The lowest BCUT2D eigenvalue weighted by molar-refractivity contribution is -0.274. The Labute approximate surface area is 113 Å². The zero-order valence-electron chi connectivity index (χ0n) is 10.4. The van der Waals surface area contributed by atoms with E-state index in [-0.39, 0.29) is 36.8 Å². The first-order valence-corrected chi connectivity index (χ1v) is 6.03. The van der Waals surface area contributed by atoms with Crippen LogP contribution in [0.1, 0.15) is 24.8 Å². The molecule has 1 saturated heterocycles. The van der Waals surface area contributed by atoms with Crippen LogP contribution < -0.4 is 4.74 Å². The third kappa shape index (κ3) is 3.49. The van der Waals surface area contributed by atoms with Gasteiger partial charge in [-0.2, -0.15) is 0 Å². The van der Waals surface area contributed by atoms with Gasteiger partial charge in [-0.25, -0.2) is 0 Å². The van der Waals surface area contributed by atoms with Gasteiger partial charge >= 0.3 is 6.36 Å². The second kappa shape index (κ2) is 5.52. The van der Waals surface area contributed by atoms with E-state index in [2.05, 4.69) is 4.74 Å². The van der Waals surface area contributed by atoms with Crippen LogP contribution >= 0.6 is 0 Å². The highest BCUT2D eigenvalue weighted by atomic mass is 19.4. The molecule has 1 aromatic carbocycles. The predicted octanol–water partition coefficient (Wildman–Crippen LogP) is 2.62. The average Bonchev–Trinajstić information content (AvgIpc) is 2.34. The van der Waals surface area contributed by atoms with E-state index in [1.807, 2.05) is 0 Å². The number of carbonyl (C=O) groups excluding carboxylic acids is 2. The highest BCUT2D eigenvalue weighted by Crippen LogP contribution is 2.28. The van der Waals surface area contributed by atoms with Crippen LogP contribution in [0.5, 0.6) is 5.75 Å². The molecule has 0 bridgehead atoms. The molecule has 0 spiro atoms. The molecule has 1 aliphatic heterocycles. The summed E-state index contributed by atoms with van der Waals surface area (Å²) >= 11 is 0. The van der Waals surface area contributed by atoms with Crippen molar-refractivity contribution in [2.45, 2.75) is 32.2 Å². The number of hydrogen-bond acceptors (Lipinski definition) is 3. The molecule has 1 aliphatic rings. The summed E-state index contributed by atoms with van der Waals surface area (Å²) in [7, 11) is 0. The summed E-state index contributed by atoms with van der Waals surface area (Å²) in [6.07, 6.45) is -3.87. The summed E-state index contributed by atoms with van der Waals surface area (Å²) in [5.41, 5.74) is 0.147. The molecule has 0 aliphatic carbocycles. The number of ether oxygens (including phenoxy) is 1. The number of likely N-dealkylation sites (tertiary alicyclic amines) is 1. The van der Waals surface area contributed by atoms with Crippen molar-refractivity contribution < 1.29 is 27.5 Å². The minimum absolute atomic E-state index is 0.147. The van der Waals surface area contributed by atoms with Crippen LogP contribution in [0.4, 0.5) is 13.2 Å². The van der Waals surface area contributed by atoms with Crippen molar-refractivity contribution in [1.29, 1.82) is 0 Å². The number of carbonyl (C=O) groups is 2. The first-order valence-electron chi connectivity index (χ1n) is 6.03. The number of imide groups is 1. The Bertz CT molecular complexity index is 512. The van der Waals surface area contributed by atoms with Crippen LogP contribution in [-0.4, -0.2) is 23.1 Å². The van der Waals surface area contributed by atoms with Gasteiger partial charge in [0, 0.05) is 18.4 Å². The molecule has 0 aromatic heterocycles. The quantitative estimate of drug-likeness (QED) is 0.803. The largest absolute Gasteiger partial charge is 0.573 e. The highest BCUT2D eigenvalue weighted by Gasteiger charge is 2.33. The molecule has 1 aromatic rings. The van der Waals surface area contributed by atoms with Gasteiger partial charge in [-0.05, 0) is 12.5 Å². The lowest BCUT2D eigenvalue weighted by Crippen LogP contribution is -2.39. The Morgan fingerprint density at radius 3 is 2.30 bits per heavy atom. The predicted molar refractivity (Wildman–Crippen MR) is 62.5 cm³/mol. The van der Waals surface area contributed by atoms with Crippen molar-refractivity contribution in [3.8, 4) is 5.75 Å². The first kappa shape index (κ1) is 14.4. The van der Waals surface area contributed by atoms with E-state index in [9.17, 15) is 22.8 Å². The molecule has 0 N–H and O–H groups in total. The molecule has 108 valence electrons. The summed E-state index contributed by atoms with van der Waals surface area (Å²) < 4.78 is 40.7. The van der Waals surface area contributed by atoms with Crippen molar-refractivity contribution in [2.24, 2.45) is 0 Å². The fraction of sp³-hybridized carbons (Fsp3) is 0.385. The van der Waals surface area contributed by atoms with E-state index >= 15 is 0 Å². The summed E-state index contributed by atoms with van der Waals surface area (Å²) in [5.74, 6) is -1.14. The summed E-state index contributed by atoms with van der Waals surface area (Å²) in [5, 5.41) is 0. The minimum Gasteiger partial charge on any atom is -0.405 e. The molecule has 7 heteroatoms. The van der Waals surface area contributed by atoms with Gasteiger partial charge in [-0.3, -0.25) is 14.5 Å². The SMILES string of the molecule is O=C1CCCC(=O)N1Cc1ccccc1OC(F)(F)F. The van der Waals surface area contributed by atoms with E-state index in [4.69, 9.17) is 0 Å². The maximum absolute atomic E-state index is 12.3. The monoisotopic (exact) mass is 287 g/mol. The summed E-state index contributed by atoms with van der Waals surface area (Å²) in [6.45, 7) is -0.204. The number of halogens is 3. The normalized spacial score (nSPS) is 16.4. The van der Waals surface area contributed by atoms with Gasteiger partial charge < -0.3 is 4.74 Å². The third-order valence-corrected chi connectivity index (χ3v) is 2.91. The smallest absolute Gasteiger partial charge is 0.405 e. The van der Waals surface area contributed by atoms with Crippen LogP contribution in [-0.2, 0) is 16.1 Å². The fourth-order valence-electron chi connectivity index (χ4n) is 2.01. The number of piperidine rings is 1. The lowest BCUT2D eigenvalue weighted by atomic mass is 10.1. The summed E-state index contributed by atoms with van der Waals surface area (Å²) in [6, 6.07) is 5.47. The molecule has 2 amide bonds. The van der Waals surface area contributed by atoms with Crippen LogP contribution in [0.3, 0.4) is 0 Å². The third-order valence-electron chi connectivity index (χ3n) is 2.91. The Morgan fingerprint density at radius 2 is 1.70 bits per heavy atom. The Hall–Kier alpha value is -2.05. The van der Waals surface area contributed by atoms with Crippen LogP contribution in [0.15, 0.2) is 24.3 Å². The molecule has 2 rings (SSSR count). The van der Waals surface area contributed by atoms with Crippen molar-refractivity contribution in [2.75, 3.05) is 0 Å². The molecular formula is C13H12F3NO3. The van der Waals surface area contributed by atoms with Gasteiger partial charge in [0.15, 0.2) is 0 Å². The first-order chi connectivity index (χ1) is 9.37. The van der Waals surface area contributed by atoms with Crippen molar-refractivity contribution >= 4 is 11.8 Å². The molecule has 20 heavy (non-hydrogen) atoms. The zero-order chi connectivity index (χ0) is 14.8. The molecule has 0 atom stereocenters. The van der Waals surface area contributed by atoms with E-state index in [1.54, 1.807) is 0 Å². The molecule has 4 nitrogen and oxygen atoms in total. The Kier molecular flexibility index (Phi) is 3.96. The second-order valence-corrected chi connectivity index (χ2v) is 4.38. The Morgan fingerprint density at radius 1 is 1.10 bits per heavy atom. The van der Waals surface area contributed by atoms with Crippen molar-refractivity contribution in [1.82, 2.24) is 4.90 Å². The molecule has 1 heterocycles. The standard InChI is InChI=1S/C13H12F3NO3/c14-13(15,16)20-10-5-2-1-4-9(10)8-17-11(18)6-3-7-12(17)19/h1-2,4-5H,3,6-8H2. The number of hydrogen-bond donors (Lipinski definition) is 0. The van der Waals surface area contributed by atoms with E-state index in [0.717, 1.165) is 11.0 Å². The molecule has 1 fully saturated rings. The zero-order valence-corrected chi connectivity index (χ0v) is 10.4. The van der Waals surface area contributed by atoms with E-state index < -0.39 is 12.1 Å². The summed E-state index contributed by atoms with van der Waals surface area (Å²) in [4.78, 5) is 24.3. The second-order valence-electron chi connectivity index (χ2n) is 4.38. The average molecular weight is 287 g/mol. The van der Waals surface area contributed by atoms with Crippen LogP contribution in [0.25, 0.3) is 0 Å². The van der Waals surface area contributed by atoms with E-state index in [0.29, 0.717) is 6.42 Å². The number of rotatable bonds is 3. The van der Waals surface area contributed by atoms with Crippen molar-refractivity contribution in [3.05, 3.63) is 29.8 Å². The maximum atomic E-state index is 12.3. The van der Waals surface area contributed by atoms with Gasteiger partial charge in [-0.1, -0.05) is 18.2 Å². The van der Waals surface area contributed by atoms with Gasteiger partial charge in [-0.15, -0.1) is 13.2 Å². The highest BCUT2D eigenvalue weighted by molar-refractivity contribution is 5.97. The fourth-order valence-corrected chi connectivity index (χ4v) is 2.01. The number of nitrogens with zero attached hydrogens (tertiary/aromatic N) is 1. The minimum atomic E-state index is -4.81. The van der Waals surface area contributed by atoms with Gasteiger partial charge in [0.2, 0.25) is 11.8 Å². The van der Waals surface area contributed by atoms with Crippen molar-refractivity contribution in [3.63, 3.8) is 0 Å². The van der Waals surface area contributed by atoms with Crippen LogP contribution in [0.2, 0.25) is 0 Å². The maximum Gasteiger partial charge on any atom is 0.573 e.